The Morgan fingerprint density at radius 1 is 1.37 bits per heavy atom. The predicted octanol–water partition coefficient (Wildman–Crippen LogP) is 4.80. The second-order valence-corrected chi connectivity index (χ2v) is 5.99. The van der Waals surface area contributed by atoms with Gasteiger partial charge >= 0.3 is 0 Å². The maximum Gasteiger partial charge on any atom is 0.133 e. The number of halogens is 1. The van der Waals surface area contributed by atoms with Crippen LogP contribution in [0.5, 0.6) is 0 Å². The number of hydrogen-bond donors (Lipinski definition) is 1. The third kappa shape index (κ3) is 3.07. The summed E-state index contributed by atoms with van der Waals surface area (Å²) in [5, 5.41) is 6.12. The molecule has 2 heterocycles. The van der Waals surface area contributed by atoms with E-state index in [0.29, 0.717) is 5.92 Å². The lowest BCUT2D eigenvalue weighted by molar-refractivity contribution is 0.845. The van der Waals surface area contributed by atoms with Crippen molar-refractivity contribution >= 4 is 28.8 Å². The molecule has 0 bridgehead atoms. The Morgan fingerprint density at radius 3 is 2.74 bits per heavy atom. The summed E-state index contributed by atoms with van der Waals surface area (Å²) in [6.45, 7) is 7.36. The van der Waals surface area contributed by atoms with E-state index in [1.807, 2.05) is 11.4 Å². The Bertz CT molecular complexity index is 551. The third-order valence-electron chi connectivity index (χ3n) is 2.84. The van der Waals surface area contributed by atoms with Crippen molar-refractivity contribution in [2.75, 3.05) is 11.9 Å². The highest BCUT2D eigenvalue weighted by molar-refractivity contribution is 7.14. The van der Waals surface area contributed by atoms with Crippen molar-refractivity contribution in [2.45, 2.75) is 33.1 Å². The highest BCUT2D eigenvalue weighted by atomic mass is 35.5. The third-order valence-corrected chi connectivity index (χ3v) is 4.18. The number of aromatic nitrogens is 2. The van der Waals surface area contributed by atoms with E-state index in [9.17, 15) is 0 Å². The van der Waals surface area contributed by atoms with Gasteiger partial charge in [-0.25, -0.2) is 9.97 Å². The van der Waals surface area contributed by atoms with Crippen LogP contribution in [0.15, 0.2) is 17.8 Å². The molecule has 0 radical (unpaired) electrons. The Kier molecular flexibility index (Phi) is 4.77. The van der Waals surface area contributed by atoms with Crippen molar-refractivity contribution in [1.82, 2.24) is 9.97 Å². The van der Waals surface area contributed by atoms with Gasteiger partial charge in [-0.1, -0.05) is 32.4 Å². The molecule has 0 spiro atoms. The van der Waals surface area contributed by atoms with E-state index in [-0.39, 0.29) is 0 Å². The molecule has 0 amide bonds. The van der Waals surface area contributed by atoms with Crippen LogP contribution in [0.3, 0.4) is 0 Å². The van der Waals surface area contributed by atoms with Crippen LogP contribution < -0.4 is 5.32 Å². The molecule has 2 aromatic rings. The van der Waals surface area contributed by atoms with Gasteiger partial charge in [-0.2, -0.15) is 0 Å². The number of thiophene rings is 1. The fourth-order valence-corrected chi connectivity index (χ4v) is 3.13. The van der Waals surface area contributed by atoms with Crippen molar-refractivity contribution in [2.24, 2.45) is 0 Å². The van der Waals surface area contributed by atoms with Crippen LogP contribution >= 0.6 is 22.9 Å². The number of hydrogen-bond acceptors (Lipinski definition) is 4. The lowest BCUT2D eigenvalue weighted by Gasteiger charge is -2.16. The first-order chi connectivity index (χ1) is 9.15. The lowest BCUT2D eigenvalue weighted by Crippen LogP contribution is -2.08. The smallest absolute Gasteiger partial charge is 0.133 e. The molecule has 5 heteroatoms. The average Bonchev–Trinajstić information content (AvgIpc) is 2.81. The van der Waals surface area contributed by atoms with Crippen LogP contribution in [0.25, 0.3) is 10.6 Å². The Balaban J connectivity index is 2.52. The van der Waals surface area contributed by atoms with Gasteiger partial charge in [0, 0.05) is 12.1 Å². The van der Waals surface area contributed by atoms with Gasteiger partial charge in [0.05, 0.1) is 15.6 Å². The molecule has 3 nitrogen and oxygen atoms in total. The first kappa shape index (κ1) is 14.3. The van der Waals surface area contributed by atoms with Crippen LogP contribution in [0.2, 0.25) is 5.02 Å². The molecule has 2 aromatic heterocycles. The van der Waals surface area contributed by atoms with Crippen molar-refractivity contribution in [3.05, 3.63) is 28.4 Å². The molecule has 0 atom stereocenters. The molecule has 0 saturated heterocycles. The molecule has 0 unspecified atom stereocenters. The Labute approximate surface area is 123 Å². The normalized spacial score (nSPS) is 11.0. The molecule has 102 valence electrons. The van der Waals surface area contributed by atoms with E-state index in [2.05, 4.69) is 36.1 Å². The zero-order valence-electron chi connectivity index (χ0n) is 11.4. The molecule has 19 heavy (non-hydrogen) atoms. The van der Waals surface area contributed by atoms with Crippen LogP contribution in [0.4, 0.5) is 5.82 Å². The minimum Gasteiger partial charge on any atom is -0.370 e. The molecule has 0 saturated carbocycles. The summed E-state index contributed by atoms with van der Waals surface area (Å²) in [6.07, 6.45) is 2.67. The summed E-state index contributed by atoms with van der Waals surface area (Å²) in [6, 6.07) is 1.91. The summed E-state index contributed by atoms with van der Waals surface area (Å²) in [5.41, 5.74) is 2.09. The van der Waals surface area contributed by atoms with Crippen LogP contribution in [0, 0.1) is 0 Å². The van der Waals surface area contributed by atoms with Gasteiger partial charge < -0.3 is 5.32 Å². The van der Waals surface area contributed by atoms with E-state index in [0.717, 1.165) is 39.9 Å². The number of nitrogens with zero attached hydrogens (tertiary/aromatic N) is 2. The second-order valence-electron chi connectivity index (χ2n) is 4.66. The number of nitrogens with one attached hydrogen (secondary N) is 1. The van der Waals surface area contributed by atoms with Crippen molar-refractivity contribution < 1.29 is 0 Å². The SMILES string of the molecule is CCCNc1ncnc(-c2sccc2Cl)c1C(C)C. The molecular weight excluding hydrogens is 278 g/mol. The van der Waals surface area contributed by atoms with Crippen molar-refractivity contribution in [1.29, 1.82) is 0 Å². The molecule has 0 aliphatic carbocycles. The number of anilines is 1. The van der Waals surface area contributed by atoms with Gasteiger partial charge in [-0.05, 0) is 23.8 Å². The summed E-state index contributed by atoms with van der Waals surface area (Å²) >= 11 is 7.85. The fourth-order valence-electron chi connectivity index (χ4n) is 1.97. The van der Waals surface area contributed by atoms with Crippen LogP contribution in [0.1, 0.15) is 38.7 Å². The molecule has 1 N–H and O–H groups in total. The summed E-state index contributed by atoms with van der Waals surface area (Å²) in [7, 11) is 0. The summed E-state index contributed by atoms with van der Waals surface area (Å²) in [4.78, 5) is 9.84. The van der Waals surface area contributed by atoms with Gasteiger partial charge in [0.25, 0.3) is 0 Å². The average molecular weight is 296 g/mol. The van der Waals surface area contributed by atoms with Gasteiger partial charge in [0.15, 0.2) is 0 Å². The molecular formula is C14H18ClN3S. The zero-order valence-corrected chi connectivity index (χ0v) is 13.0. The number of rotatable bonds is 5. The molecule has 0 aromatic carbocycles. The van der Waals surface area contributed by atoms with Gasteiger partial charge in [0.1, 0.15) is 12.1 Å². The summed E-state index contributed by atoms with van der Waals surface area (Å²) < 4.78 is 0. The van der Waals surface area contributed by atoms with E-state index < -0.39 is 0 Å². The molecule has 0 aliphatic heterocycles. The van der Waals surface area contributed by atoms with Crippen molar-refractivity contribution in [3.63, 3.8) is 0 Å². The van der Waals surface area contributed by atoms with Crippen LogP contribution in [-0.2, 0) is 0 Å². The monoisotopic (exact) mass is 295 g/mol. The molecule has 0 aliphatic rings. The first-order valence-electron chi connectivity index (χ1n) is 6.47. The standard InChI is InChI=1S/C14H18ClN3S/c1-4-6-16-14-11(9(2)3)12(17-8-18-14)13-10(15)5-7-19-13/h5,7-9H,4,6H2,1-3H3,(H,16,17,18). The fraction of sp³-hybridized carbons (Fsp3) is 0.429. The Hall–Kier alpha value is -1.13. The second kappa shape index (κ2) is 6.35. The van der Waals surface area contributed by atoms with Gasteiger partial charge in [0.2, 0.25) is 0 Å². The first-order valence-corrected chi connectivity index (χ1v) is 7.73. The Morgan fingerprint density at radius 2 is 2.16 bits per heavy atom. The molecule has 0 fully saturated rings. The minimum atomic E-state index is 0.341. The lowest BCUT2D eigenvalue weighted by atomic mass is 10.0. The van der Waals surface area contributed by atoms with E-state index in [1.54, 1.807) is 17.7 Å². The highest BCUT2D eigenvalue weighted by Crippen LogP contribution is 2.38. The van der Waals surface area contributed by atoms with Crippen molar-refractivity contribution in [3.8, 4) is 10.6 Å². The predicted molar refractivity (Wildman–Crippen MR) is 83.2 cm³/mol. The van der Waals surface area contributed by atoms with E-state index in [4.69, 9.17) is 11.6 Å². The summed E-state index contributed by atoms with van der Waals surface area (Å²) in [5.74, 6) is 1.26. The quantitative estimate of drug-likeness (QED) is 0.860. The van der Waals surface area contributed by atoms with Gasteiger partial charge in [-0.3, -0.25) is 0 Å². The zero-order chi connectivity index (χ0) is 13.8. The maximum atomic E-state index is 6.24. The van der Waals surface area contributed by atoms with E-state index in [1.165, 1.54) is 0 Å². The maximum absolute atomic E-state index is 6.24. The van der Waals surface area contributed by atoms with Gasteiger partial charge in [-0.15, -0.1) is 11.3 Å². The van der Waals surface area contributed by atoms with Crippen LogP contribution in [-0.4, -0.2) is 16.5 Å². The van der Waals surface area contributed by atoms with E-state index >= 15 is 0 Å². The molecule has 2 rings (SSSR count). The highest BCUT2D eigenvalue weighted by Gasteiger charge is 2.18. The largest absolute Gasteiger partial charge is 0.370 e. The minimum absolute atomic E-state index is 0.341. The topological polar surface area (TPSA) is 37.8 Å².